The van der Waals surface area contributed by atoms with Gasteiger partial charge in [-0.15, -0.1) is 6.58 Å². The molecule has 0 fully saturated rings. The predicted octanol–water partition coefficient (Wildman–Crippen LogP) is 2.12. The Morgan fingerprint density at radius 1 is 1.80 bits per heavy atom. The van der Waals surface area contributed by atoms with Crippen molar-refractivity contribution in [2.45, 2.75) is 6.04 Å². The molecule has 2 nitrogen and oxygen atoms in total. The lowest BCUT2D eigenvalue weighted by Gasteiger charge is -2.00. The number of rotatable bonds is 2. The summed E-state index contributed by atoms with van der Waals surface area (Å²) in [5.74, 6) is 0. The van der Waals surface area contributed by atoms with E-state index in [0.717, 1.165) is 5.56 Å². The fourth-order valence-electron chi connectivity index (χ4n) is 0.670. The lowest BCUT2D eigenvalue weighted by atomic mass is 10.2. The van der Waals surface area contributed by atoms with Gasteiger partial charge in [-0.2, -0.15) is 0 Å². The largest absolute Gasteiger partial charge is 0.453 e. The summed E-state index contributed by atoms with van der Waals surface area (Å²) in [6.07, 6.45) is 3.11. The Hall–Kier alpha value is -0.730. The van der Waals surface area contributed by atoms with Crippen LogP contribution in [0.15, 0.2) is 29.4 Å². The van der Waals surface area contributed by atoms with Gasteiger partial charge in [-0.3, -0.25) is 0 Å². The summed E-state index contributed by atoms with van der Waals surface area (Å²) in [5.41, 5.74) is 6.35. The van der Waals surface area contributed by atoms with E-state index in [2.05, 4.69) is 6.58 Å². The molecule has 1 rings (SSSR count). The van der Waals surface area contributed by atoms with Gasteiger partial charge in [0.15, 0.2) is 5.22 Å². The Kier molecular flexibility index (Phi) is 2.14. The van der Waals surface area contributed by atoms with Crippen molar-refractivity contribution in [3.05, 3.63) is 35.8 Å². The summed E-state index contributed by atoms with van der Waals surface area (Å²) in [4.78, 5) is 0. The summed E-state index contributed by atoms with van der Waals surface area (Å²) in [6, 6.07) is 1.50. The number of furan rings is 1. The summed E-state index contributed by atoms with van der Waals surface area (Å²) in [7, 11) is 0. The first-order valence-electron chi connectivity index (χ1n) is 2.86. The summed E-state index contributed by atoms with van der Waals surface area (Å²) in [5, 5.41) is 0.340. The van der Waals surface area contributed by atoms with Crippen LogP contribution in [-0.4, -0.2) is 0 Å². The molecule has 1 aromatic heterocycles. The third-order valence-electron chi connectivity index (χ3n) is 1.26. The molecule has 1 aromatic rings. The molecule has 0 aliphatic carbocycles. The highest BCUT2D eigenvalue weighted by Crippen LogP contribution is 2.22. The molecule has 1 heterocycles. The van der Waals surface area contributed by atoms with Crippen molar-refractivity contribution in [2.24, 2.45) is 5.73 Å². The molecule has 0 aliphatic rings. The molecule has 2 N–H and O–H groups in total. The molecule has 10 heavy (non-hydrogen) atoms. The van der Waals surface area contributed by atoms with Gasteiger partial charge >= 0.3 is 0 Å². The second-order valence-corrected chi connectivity index (χ2v) is 2.25. The second kappa shape index (κ2) is 2.90. The monoisotopic (exact) mass is 157 g/mol. The third kappa shape index (κ3) is 1.23. The van der Waals surface area contributed by atoms with Crippen molar-refractivity contribution in [3.8, 4) is 0 Å². The molecule has 1 atom stereocenters. The highest BCUT2D eigenvalue weighted by molar-refractivity contribution is 6.29. The number of hydrogen-bond donors (Lipinski definition) is 1. The Bertz CT molecular complexity index is 231. The molecule has 0 bridgehead atoms. The first kappa shape index (κ1) is 7.38. The molecular formula is C7H8ClNO. The Morgan fingerprint density at radius 3 is 2.90 bits per heavy atom. The van der Waals surface area contributed by atoms with Crippen LogP contribution in [0.25, 0.3) is 0 Å². The minimum atomic E-state index is -0.230. The van der Waals surface area contributed by atoms with Crippen LogP contribution in [0.2, 0.25) is 5.22 Å². The molecule has 1 unspecified atom stereocenters. The standard InChI is InChI=1S/C7H8ClNO/c1-2-6(9)5-3-4-10-7(5)8/h2-4,6H,1,9H2. The van der Waals surface area contributed by atoms with E-state index >= 15 is 0 Å². The average molecular weight is 158 g/mol. The van der Waals surface area contributed by atoms with Crippen molar-refractivity contribution >= 4 is 11.6 Å². The fraction of sp³-hybridized carbons (Fsp3) is 0.143. The van der Waals surface area contributed by atoms with Crippen LogP contribution in [0.3, 0.4) is 0 Å². The van der Waals surface area contributed by atoms with Gasteiger partial charge in [0.1, 0.15) is 0 Å². The van der Waals surface area contributed by atoms with Gasteiger partial charge in [0.2, 0.25) is 0 Å². The number of nitrogens with two attached hydrogens (primary N) is 1. The minimum Gasteiger partial charge on any atom is -0.453 e. The Labute approximate surface area is 64.3 Å². The lowest BCUT2D eigenvalue weighted by Crippen LogP contribution is -2.05. The zero-order valence-electron chi connectivity index (χ0n) is 5.38. The van der Waals surface area contributed by atoms with Crippen LogP contribution < -0.4 is 5.73 Å². The fourth-order valence-corrected chi connectivity index (χ4v) is 0.910. The minimum absolute atomic E-state index is 0.230. The molecular weight excluding hydrogens is 150 g/mol. The maximum absolute atomic E-state index is 5.62. The van der Waals surface area contributed by atoms with E-state index in [1.165, 1.54) is 6.26 Å². The normalized spacial score (nSPS) is 13.0. The van der Waals surface area contributed by atoms with Gasteiger partial charge in [-0.25, -0.2) is 0 Å². The van der Waals surface area contributed by atoms with E-state index in [1.54, 1.807) is 12.1 Å². The zero-order chi connectivity index (χ0) is 7.56. The number of hydrogen-bond acceptors (Lipinski definition) is 2. The van der Waals surface area contributed by atoms with E-state index in [-0.39, 0.29) is 6.04 Å². The first-order valence-corrected chi connectivity index (χ1v) is 3.24. The second-order valence-electron chi connectivity index (χ2n) is 1.91. The lowest BCUT2D eigenvalue weighted by molar-refractivity contribution is 0.564. The van der Waals surface area contributed by atoms with Crippen LogP contribution >= 0.6 is 11.6 Å². The third-order valence-corrected chi connectivity index (χ3v) is 1.57. The molecule has 0 saturated heterocycles. The molecule has 0 radical (unpaired) electrons. The van der Waals surface area contributed by atoms with Crippen LogP contribution in [0.5, 0.6) is 0 Å². The van der Waals surface area contributed by atoms with E-state index in [4.69, 9.17) is 21.8 Å². The summed E-state index contributed by atoms with van der Waals surface area (Å²) >= 11 is 5.62. The van der Waals surface area contributed by atoms with Gasteiger partial charge in [0.25, 0.3) is 0 Å². The van der Waals surface area contributed by atoms with Crippen LogP contribution in [0.4, 0.5) is 0 Å². The molecule has 54 valence electrons. The van der Waals surface area contributed by atoms with Crippen LogP contribution in [-0.2, 0) is 0 Å². The van der Waals surface area contributed by atoms with Gasteiger partial charge in [-0.1, -0.05) is 6.08 Å². The average Bonchev–Trinajstić information content (AvgIpc) is 2.34. The number of halogens is 1. The van der Waals surface area contributed by atoms with E-state index < -0.39 is 0 Å². The zero-order valence-corrected chi connectivity index (χ0v) is 6.14. The molecule has 0 aromatic carbocycles. The first-order chi connectivity index (χ1) is 4.75. The van der Waals surface area contributed by atoms with Gasteiger partial charge in [-0.05, 0) is 17.7 Å². The summed E-state index contributed by atoms with van der Waals surface area (Å²) < 4.78 is 4.83. The molecule has 0 aliphatic heterocycles. The van der Waals surface area contributed by atoms with E-state index in [0.29, 0.717) is 5.22 Å². The van der Waals surface area contributed by atoms with Crippen molar-refractivity contribution < 1.29 is 4.42 Å². The maximum Gasteiger partial charge on any atom is 0.198 e. The van der Waals surface area contributed by atoms with Gasteiger partial charge < -0.3 is 10.2 Å². The van der Waals surface area contributed by atoms with E-state index in [9.17, 15) is 0 Å². The van der Waals surface area contributed by atoms with Crippen molar-refractivity contribution in [3.63, 3.8) is 0 Å². The smallest absolute Gasteiger partial charge is 0.198 e. The van der Waals surface area contributed by atoms with Crippen molar-refractivity contribution in [2.75, 3.05) is 0 Å². The van der Waals surface area contributed by atoms with Crippen LogP contribution in [0, 0.1) is 0 Å². The predicted molar refractivity (Wildman–Crippen MR) is 40.8 cm³/mol. The van der Waals surface area contributed by atoms with Crippen molar-refractivity contribution in [1.82, 2.24) is 0 Å². The molecule has 3 heteroatoms. The molecule has 0 saturated carbocycles. The van der Waals surface area contributed by atoms with Gasteiger partial charge in [0, 0.05) is 5.56 Å². The molecule has 0 spiro atoms. The Balaban J connectivity index is 2.92. The summed E-state index contributed by atoms with van der Waals surface area (Å²) in [6.45, 7) is 3.53. The van der Waals surface area contributed by atoms with Crippen molar-refractivity contribution in [1.29, 1.82) is 0 Å². The maximum atomic E-state index is 5.62. The van der Waals surface area contributed by atoms with E-state index in [1.807, 2.05) is 0 Å². The molecule has 0 amide bonds. The highest BCUT2D eigenvalue weighted by Gasteiger charge is 2.07. The highest BCUT2D eigenvalue weighted by atomic mass is 35.5. The Morgan fingerprint density at radius 2 is 2.50 bits per heavy atom. The quantitative estimate of drug-likeness (QED) is 0.668. The topological polar surface area (TPSA) is 39.2 Å². The van der Waals surface area contributed by atoms with Crippen LogP contribution in [0.1, 0.15) is 11.6 Å². The SMILES string of the molecule is C=CC(N)c1ccoc1Cl. The van der Waals surface area contributed by atoms with Gasteiger partial charge in [0.05, 0.1) is 12.3 Å².